The lowest BCUT2D eigenvalue weighted by Gasteiger charge is -2.05. The van der Waals surface area contributed by atoms with Crippen molar-refractivity contribution < 1.29 is 14.5 Å². The van der Waals surface area contributed by atoms with Gasteiger partial charge in [-0.05, 0) is 30.7 Å². The number of carbonyl (C=O) groups excluding carboxylic acids is 1. The molecule has 0 atom stereocenters. The molecule has 0 aliphatic carbocycles. The van der Waals surface area contributed by atoms with Crippen LogP contribution < -0.4 is 4.80 Å². The van der Waals surface area contributed by atoms with Crippen LogP contribution >= 0.6 is 22.9 Å². The van der Waals surface area contributed by atoms with Crippen molar-refractivity contribution in [1.29, 1.82) is 0 Å². The first-order chi connectivity index (χ1) is 14.0. The van der Waals surface area contributed by atoms with Crippen molar-refractivity contribution >= 4 is 50.8 Å². The summed E-state index contributed by atoms with van der Waals surface area (Å²) >= 11 is 7.39. The third kappa shape index (κ3) is 5.17. The minimum atomic E-state index is -0.448. The summed E-state index contributed by atoms with van der Waals surface area (Å²) in [5.74, 6) is -0.448. The van der Waals surface area contributed by atoms with E-state index in [0.717, 1.165) is 4.70 Å². The van der Waals surface area contributed by atoms with Crippen LogP contribution in [0.2, 0.25) is 5.02 Å². The third-order valence-corrected chi connectivity index (χ3v) is 5.46. The van der Waals surface area contributed by atoms with Crippen LogP contribution in [0.1, 0.15) is 12.5 Å². The van der Waals surface area contributed by atoms with Crippen molar-refractivity contribution in [3.05, 3.63) is 74.0 Å². The summed E-state index contributed by atoms with van der Waals surface area (Å²) < 4.78 is 7.97. The van der Waals surface area contributed by atoms with Crippen LogP contribution in [-0.2, 0) is 16.1 Å². The Balaban J connectivity index is 1.99. The van der Waals surface area contributed by atoms with Crippen LogP contribution in [0, 0.1) is 10.1 Å². The smallest absolute Gasteiger partial charge is 0.272 e. The first kappa shape index (κ1) is 20.9. The lowest BCUT2D eigenvalue weighted by Crippen LogP contribution is -2.19. The van der Waals surface area contributed by atoms with E-state index in [9.17, 15) is 14.9 Å². The molecule has 1 heterocycles. The molecule has 0 N–H and O–H groups in total. The average molecular weight is 432 g/mol. The molecule has 0 fully saturated rings. The maximum Gasteiger partial charge on any atom is 0.272 e. The zero-order valence-corrected chi connectivity index (χ0v) is 17.2. The largest absolute Gasteiger partial charge is 0.380 e. The highest BCUT2D eigenvalue weighted by atomic mass is 35.5. The number of non-ortho nitro benzene ring substituents is 1. The van der Waals surface area contributed by atoms with Gasteiger partial charge in [0.15, 0.2) is 4.80 Å². The minimum Gasteiger partial charge on any atom is -0.380 e. The van der Waals surface area contributed by atoms with Crippen molar-refractivity contribution in [1.82, 2.24) is 4.57 Å². The Morgan fingerprint density at radius 1 is 1.34 bits per heavy atom. The number of hydrogen-bond acceptors (Lipinski definition) is 5. The molecular formula is C20H18ClN3O4S. The first-order valence-electron chi connectivity index (χ1n) is 8.86. The molecule has 0 radical (unpaired) electrons. The van der Waals surface area contributed by atoms with Gasteiger partial charge in [0.25, 0.3) is 11.6 Å². The summed E-state index contributed by atoms with van der Waals surface area (Å²) in [4.78, 5) is 27.7. The number of nitro groups is 1. The molecule has 0 spiro atoms. The highest BCUT2D eigenvalue weighted by molar-refractivity contribution is 7.16. The van der Waals surface area contributed by atoms with Gasteiger partial charge in [0, 0.05) is 36.4 Å². The van der Waals surface area contributed by atoms with E-state index in [1.54, 1.807) is 28.8 Å². The van der Waals surface area contributed by atoms with Gasteiger partial charge in [0.2, 0.25) is 0 Å². The van der Waals surface area contributed by atoms with E-state index in [1.807, 2.05) is 19.1 Å². The highest BCUT2D eigenvalue weighted by Crippen LogP contribution is 2.23. The van der Waals surface area contributed by atoms with Gasteiger partial charge in [-0.2, -0.15) is 4.99 Å². The van der Waals surface area contributed by atoms with E-state index in [1.165, 1.54) is 29.5 Å². The third-order valence-electron chi connectivity index (χ3n) is 4.06. The second-order valence-electron chi connectivity index (χ2n) is 5.95. The van der Waals surface area contributed by atoms with E-state index in [4.69, 9.17) is 16.3 Å². The Morgan fingerprint density at radius 3 is 2.86 bits per heavy atom. The second kappa shape index (κ2) is 9.60. The summed E-state index contributed by atoms with van der Waals surface area (Å²) in [5.41, 5.74) is 1.34. The standard InChI is InChI=1S/C20H18ClN3O4S/c1-2-28-12-11-23-17-13-15(24(26)27)8-9-18(17)29-20(23)22-19(25)10-7-14-5-3-4-6-16(14)21/h3-10,13H,2,11-12H2,1H3. The minimum absolute atomic E-state index is 0.0167. The van der Waals surface area contributed by atoms with E-state index >= 15 is 0 Å². The summed E-state index contributed by atoms with van der Waals surface area (Å²) in [7, 11) is 0. The molecule has 29 heavy (non-hydrogen) atoms. The average Bonchev–Trinajstić information content (AvgIpc) is 3.04. The Labute approximate surface area is 175 Å². The normalized spacial score (nSPS) is 12.1. The van der Waals surface area contributed by atoms with Crippen LogP contribution in [0.5, 0.6) is 0 Å². The zero-order valence-electron chi connectivity index (χ0n) is 15.6. The number of thiazole rings is 1. The number of aromatic nitrogens is 1. The molecule has 2 aromatic carbocycles. The summed E-state index contributed by atoms with van der Waals surface area (Å²) in [6.45, 7) is 3.27. The molecule has 9 heteroatoms. The van der Waals surface area contributed by atoms with Gasteiger partial charge in [-0.15, -0.1) is 0 Å². The van der Waals surface area contributed by atoms with Crippen molar-refractivity contribution in [2.75, 3.05) is 13.2 Å². The number of halogens is 1. The lowest BCUT2D eigenvalue weighted by atomic mass is 10.2. The van der Waals surface area contributed by atoms with Gasteiger partial charge in [-0.3, -0.25) is 14.9 Å². The van der Waals surface area contributed by atoms with Crippen LogP contribution in [0.3, 0.4) is 0 Å². The fraction of sp³-hybridized carbons (Fsp3) is 0.200. The number of ether oxygens (including phenoxy) is 1. The van der Waals surface area contributed by atoms with Crippen molar-refractivity contribution in [2.45, 2.75) is 13.5 Å². The van der Waals surface area contributed by atoms with Gasteiger partial charge in [-0.25, -0.2) is 0 Å². The van der Waals surface area contributed by atoms with Gasteiger partial charge in [0.1, 0.15) is 0 Å². The van der Waals surface area contributed by atoms with Gasteiger partial charge >= 0.3 is 0 Å². The van der Waals surface area contributed by atoms with Crippen LogP contribution in [-0.4, -0.2) is 28.6 Å². The van der Waals surface area contributed by atoms with Crippen molar-refractivity contribution in [2.24, 2.45) is 4.99 Å². The van der Waals surface area contributed by atoms with E-state index in [0.29, 0.717) is 40.7 Å². The first-order valence-corrected chi connectivity index (χ1v) is 10.1. The van der Waals surface area contributed by atoms with E-state index in [2.05, 4.69) is 4.99 Å². The second-order valence-corrected chi connectivity index (χ2v) is 7.36. The fourth-order valence-electron chi connectivity index (χ4n) is 2.68. The quantitative estimate of drug-likeness (QED) is 0.239. The summed E-state index contributed by atoms with van der Waals surface area (Å²) in [5, 5.41) is 11.7. The van der Waals surface area contributed by atoms with Crippen molar-refractivity contribution in [3.63, 3.8) is 0 Å². The lowest BCUT2D eigenvalue weighted by molar-refractivity contribution is -0.384. The molecule has 0 aliphatic heterocycles. The molecule has 3 rings (SSSR count). The maximum absolute atomic E-state index is 12.4. The molecule has 0 saturated carbocycles. The number of nitro benzene ring substituents is 1. The zero-order chi connectivity index (χ0) is 20.8. The number of carbonyl (C=O) groups is 1. The van der Waals surface area contributed by atoms with E-state index in [-0.39, 0.29) is 5.69 Å². The summed E-state index contributed by atoms with van der Waals surface area (Å²) in [6, 6.07) is 11.8. The maximum atomic E-state index is 12.4. The Hall–Kier alpha value is -2.81. The predicted molar refractivity (Wildman–Crippen MR) is 114 cm³/mol. The Morgan fingerprint density at radius 2 is 2.14 bits per heavy atom. The van der Waals surface area contributed by atoms with E-state index < -0.39 is 10.8 Å². The molecular weight excluding hydrogens is 414 g/mol. The van der Waals surface area contributed by atoms with Crippen LogP contribution in [0.25, 0.3) is 16.3 Å². The Kier molecular flexibility index (Phi) is 6.92. The molecule has 7 nitrogen and oxygen atoms in total. The van der Waals surface area contributed by atoms with Gasteiger partial charge < -0.3 is 9.30 Å². The van der Waals surface area contributed by atoms with Gasteiger partial charge in [0.05, 0.1) is 21.7 Å². The Bertz CT molecular complexity index is 1150. The SMILES string of the molecule is CCOCCn1c(=NC(=O)C=Cc2ccccc2Cl)sc2ccc([N+](=O)[O-])cc21. The number of benzene rings is 2. The number of amides is 1. The topological polar surface area (TPSA) is 86.7 Å². The molecule has 0 aliphatic rings. The molecule has 3 aromatic rings. The number of nitrogens with zero attached hydrogens (tertiary/aromatic N) is 3. The molecule has 0 saturated heterocycles. The summed E-state index contributed by atoms with van der Waals surface area (Å²) in [6.07, 6.45) is 2.96. The molecule has 150 valence electrons. The number of rotatable bonds is 7. The monoisotopic (exact) mass is 431 g/mol. The molecule has 1 aromatic heterocycles. The molecule has 0 bridgehead atoms. The molecule has 0 unspecified atom stereocenters. The number of hydrogen-bond donors (Lipinski definition) is 0. The molecule has 1 amide bonds. The number of fused-ring (bicyclic) bond motifs is 1. The van der Waals surface area contributed by atoms with Crippen LogP contribution in [0.15, 0.2) is 53.5 Å². The van der Waals surface area contributed by atoms with Gasteiger partial charge in [-0.1, -0.05) is 41.1 Å². The van der Waals surface area contributed by atoms with Crippen LogP contribution in [0.4, 0.5) is 5.69 Å². The highest BCUT2D eigenvalue weighted by Gasteiger charge is 2.12. The fourth-order valence-corrected chi connectivity index (χ4v) is 3.92. The predicted octanol–water partition coefficient (Wildman–Crippen LogP) is 4.44. The van der Waals surface area contributed by atoms with Crippen molar-refractivity contribution in [3.8, 4) is 0 Å².